The summed E-state index contributed by atoms with van der Waals surface area (Å²) in [6.45, 7) is 2.84. The number of ether oxygens (including phenoxy) is 1. The molecule has 0 unspecified atom stereocenters. The molecule has 1 fully saturated rings. The van der Waals surface area contributed by atoms with Gasteiger partial charge < -0.3 is 15.4 Å². The van der Waals surface area contributed by atoms with Crippen molar-refractivity contribution in [2.24, 2.45) is 0 Å². The van der Waals surface area contributed by atoms with Gasteiger partial charge in [-0.2, -0.15) is 0 Å². The molecule has 0 bridgehead atoms. The number of hydrogen-bond donors (Lipinski definition) is 2. The van der Waals surface area contributed by atoms with E-state index < -0.39 is 9.84 Å². The molecule has 2 heterocycles. The highest BCUT2D eigenvalue weighted by molar-refractivity contribution is 8.14. The van der Waals surface area contributed by atoms with E-state index in [4.69, 9.17) is 4.74 Å². The topological polar surface area (TPSA) is 114 Å². The third kappa shape index (κ3) is 9.92. The Labute approximate surface area is 250 Å². The van der Waals surface area contributed by atoms with Crippen molar-refractivity contribution in [1.29, 1.82) is 0 Å². The van der Waals surface area contributed by atoms with Crippen molar-refractivity contribution in [3.05, 3.63) is 95.1 Å². The average molecular weight is 614 g/mol. The van der Waals surface area contributed by atoms with Gasteiger partial charge in [0.1, 0.15) is 28.0 Å². The smallest absolute Gasteiger partial charge is 0.251 e. The number of halogens is 1. The lowest BCUT2D eigenvalue weighted by Gasteiger charge is -2.18. The first-order valence-corrected chi connectivity index (χ1v) is 16.8. The lowest BCUT2D eigenvalue weighted by Crippen LogP contribution is -2.34. The molecule has 3 aromatic rings. The molecule has 1 aliphatic rings. The summed E-state index contributed by atoms with van der Waals surface area (Å²) < 4.78 is 42.5. The van der Waals surface area contributed by atoms with Gasteiger partial charge in [-0.3, -0.25) is 14.6 Å². The number of pyridine rings is 1. The van der Waals surface area contributed by atoms with Crippen molar-refractivity contribution >= 4 is 32.6 Å². The zero-order valence-corrected chi connectivity index (χ0v) is 25.3. The van der Waals surface area contributed by atoms with Crippen LogP contribution in [0.4, 0.5) is 4.39 Å². The number of nitrogens with one attached hydrogen (secondary N) is 2. The third-order valence-corrected chi connectivity index (χ3v) is 9.14. The van der Waals surface area contributed by atoms with Crippen molar-refractivity contribution in [2.75, 3.05) is 25.2 Å². The van der Waals surface area contributed by atoms with Crippen LogP contribution in [0.2, 0.25) is 0 Å². The van der Waals surface area contributed by atoms with Crippen molar-refractivity contribution in [3.63, 3.8) is 0 Å². The van der Waals surface area contributed by atoms with E-state index in [0.717, 1.165) is 17.5 Å². The Balaban J connectivity index is 1.38. The number of amides is 1. The largest absolute Gasteiger partial charge is 0.492 e. The lowest BCUT2D eigenvalue weighted by molar-refractivity contribution is 0.0937. The molecule has 42 heavy (non-hydrogen) atoms. The monoisotopic (exact) mass is 613 g/mol. The second-order valence-electron chi connectivity index (χ2n) is 10.7. The number of aryl methyl sites for hydroxylation is 2. The van der Waals surface area contributed by atoms with Crippen LogP contribution in [0.25, 0.3) is 0 Å². The maximum absolute atomic E-state index is 13.3. The van der Waals surface area contributed by atoms with Crippen LogP contribution < -0.4 is 15.4 Å². The number of carbonyl (C=O) groups is 2. The van der Waals surface area contributed by atoms with Crippen LogP contribution >= 0.6 is 11.8 Å². The van der Waals surface area contributed by atoms with Crippen molar-refractivity contribution in [2.45, 2.75) is 49.9 Å². The molecule has 2 N–H and O–H groups in total. The first-order valence-electron chi connectivity index (χ1n) is 13.9. The molecule has 11 heteroatoms. The first-order chi connectivity index (χ1) is 20.1. The number of sulfone groups is 1. The number of carbonyl (C=O) groups excluding carboxylic acids is 2. The van der Waals surface area contributed by atoms with E-state index in [2.05, 4.69) is 15.6 Å². The number of benzene rings is 2. The Morgan fingerprint density at radius 3 is 2.67 bits per heavy atom. The molecule has 1 aliphatic heterocycles. The summed E-state index contributed by atoms with van der Waals surface area (Å²) in [4.78, 5) is 29.9. The molecule has 4 rings (SSSR count). The fraction of sp³-hybridized carbons (Fsp3) is 0.387. The molecule has 8 nitrogen and oxygen atoms in total. The van der Waals surface area contributed by atoms with Gasteiger partial charge in [0.15, 0.2) is 0 Å². The van der Waals surface area contributed by atoms with Gasteiger partial charge in [-0.25, -0.2) is 12.8 Å². The summed E-state index contributed by atoms with van der Waals surface area (Å²) in [5, 5.41) is 6.44. The highest BCUT2D eigenvalue weighted by Gasteiger charge is 2.27. The fourth-order valence-corrected chi connectivity index (χ4v) is 6.52. The molecular formula is C31H36FN3O5S2. The SMILES string of the molecule is C[C@H](CCS(C)(=O)=O)NC(=O)c1cc(OC[C@@H]2C[C@H](SC(=O)c3cccnc3)CN2)ccc1CCc1ccc(F)cc1. The molecule has 2 aromatic carbocycles. The second kappa shape index (κ2) is 14.8. The van der Waals surface area contributed by atoms with Gasteiger partial charge in [0.2, 0.25) is 5.12 Å². The van der Waals surface area contributed by atoms with Crippen LogP contribution in [-0.4, -0.2) is 66.9 Å². The number of hydrogen-bond acceptors (Lipinski definition) is 8. The number of nitrogens with zero attached hydrogens (tertiary/aromatic N) is 1. The van der Waals surface area contributed by atoms with Crippen LogP contribution in [0.15, 0.2) is 67.0 Å². The summed E-state index contributed by atoms with van der Waals surface area (Å²) >= 11 is 1.30. The summed E-state index contributed by atoms with van der Waals surface area (Å²) in [5.74, 6) is -0.0832. The third-order valence-electron chi connectivity index (χ3n) is 7.03. The minimum absolute atomic E-state index is 0.00545. The van der Waals surface area contributed by atoms with Gasteiger partial charge in [-0.15, -0.1) is 0 Å². The van der Waals surface area contributed by atoms with Crippen LogP contribution in [0.1, 0.15) is 51.6 Å². The number of rotatable bonds is 13. The predicted octanol–water partition coefficient (Wildman–Crippen LogP) is 4.24. The zero-order valence-electron chi connectivity index (χ0n) is 23.7. The molecule has 1 amide bonds. The molecular weight excluding hydrogens is 577 g/mol. The Kier molecular flexibility index (Phi) is 11.1. The van der Waals surface area contributed by atoms with Gasteiger partial charge in [0.25, 0.3) is 5.91 Å². The van der Waals surface area contributed by atoms with Gasteiger partial charge in [-0.05, 0) is 80.1 Å². The summed E-state index contributed by atoms with van der Waals surface area (Å²) in [6.07, 6.45) is 6.63. The molecule has 1 saturated heterocycles. The van der Waals surface area contributed by atoms with Crippen LogP contribution in [0.5, 0.6) is 5.75 Å². The van der Waals surface area contributed by atoms with Gasteiger partial charge in [0.05, 0.1) is 5.75 Å². The highest BCUT2D eigenvalue weighted by Crippen LogP contribution is 2.26. The molecule has 1 aromatic heterocycles. The van der Waals surface area contributed by atoms with Crippen LogP contribution in [-0.2, 0) is 22.7 Å². The van der Waals surface area contributed by atoms with E-state index in [1.54, 1.807) is 49.6 Å². The Hall–Kier alpha value is -3.28. The Morgan fingerprint density at radius 1 is 1.17 bits per heavy atom. The number of thioether (sulfide) groups is 1. The lowest BCUT2D eigenvalue weighted by atomic mass is 9.98. The molecule has 3 atom stereocenters. The minimum atomic E-state index is -3.14. The predicted molar refractivity (Wildman–Crippen MR) is 163 cm³/mol. The molecule has 224 valence electrons. The Bertz CT molecular complexity index is 1470. The van der Waals surface area contributed by atoms with Gasteiger partial charge in [-0.1, -0.05) is 30.0 Å². The van der Waals surface area contributed by atoms with E-state index in [1.807, 2.05) is 12.1 Å². The summed E-state index contributed by atoms with van der Waals surface area (Å²) in [5.41, 5.74) is 2.80. The van der Waals surface area contributed by atoms with E-state index in [-0.39, 0.29) is 39.9 Å². The minimum Gasteiger partial charge on any atom is -0.492 e. The molecule has 0 aliphatic carbocycles. The van der Waals surface area contributed by atoms with Crippen molar-refractivity contribution < 1.29 is 27.1 Å². The van der Waals surface area contributed by atoms with E-state index in [0.29, 0.717) is 49.3 Å². The zero-order chi connectivity index (χ0) is 30.1. The van der Waals surface area contributed by atoms with E-state index in [1.165, 1.54) is 30.2 Å². The Morgan fingerprint density at radius 2 is 1.95 bits per heavy atom. The van der Waals surface area contributed by atoms with E-state index in [9.17, 15) is 22.4 Å². The molecule has 0 saturated carbocycles. The first kappa shape index (κ1) is 31.7. The van der Waals surface area contributed by atoms with Crippen LogP contribution in [0.3, 0.4) is 0 Å². The van der Waals surface area contributed by atoms with Gasteiger partial charge in [0, 0.05) is 53.7 Å². The standard InChI is InChI=1S/C31H36FN3O5S2/c1-21(13-15-42(2,38)39)35-30(36)29-17-27(12-9-23(29)8-5-22-6-10-25(32)11-7-22)40-20-26-16-28(19-34-26)41-31(37)24-4-3-14-33-18-24/h3-4,6-7,9-12,14,17-18,21,26,28,34H,5,8,13,15-16,19-20H2,1-2H3,(H,35,36)/t21-,26+,28+/m1/s1. The normalized spacial score (nSPS) is 17.5. The summed E-state index contributed by atoms with van der Waals surface area (Å²) in [6, 6.07) is 14.9. The maximum atomic E-state index is 13.3. The second-order valence-corrected chi connectivity index (χ2v) is 14.2. The molecule has 0 radical (unpaired) electrons. The maximum Gasteiger partial charge on any atom is 0.251 e. The van der Waals surface area contributed by atoms with E-state index >= 15 is 0 Å². The van der Waals surface area contributed by atoms with Crippen LogP contribution in [0, 0.1) is 5.82 Å². The molecule has 0 spiro atoms. The summed E-state index contributed by atoms with van der Waals surface area (Å²) in [7, 11) is -3.14. The number of aromatic nitrogens is 1. The van der Waals surface area contributed by atoms with Crippen molar-refractivity contribution in [3.8, 4) is 5.75 Å². The van der Waals surface area contributed by atoms with Crippen molar-refractivity contribution in [1.82, 2.24) is 15.6 Å². The van der Waals surface area contributed by atoms with Gasteiger partial charge >= 0.3 is 0 Å². The quantitative estimate of drug-likeness (QED) is 0.294. The highest BCUT2D eigenvalue weighted by atomic mass is 32.2. The fourth-order valence-electron chi connectivity index (χ4n) is 4.67. The average Bonchev–Trinajstić information content (AvgIpc) is 3.42.